The first kappa shape index (κ1) is 14.7. The molecule has 1 unspecified atom stereocenters. The highest BCUT2D eigenvalue weighted by molar-refractivity contribution is 5.95. The number of amides is 1. The van der Waals surface area contributed by atoms with E-state index in [0.29, 0.717) is 6.54 Å². The molecule has 1 aliphatic heterocycles. The smallest absolute Gasteiger partial charge is 0.257 e. The topological polar surface area (TPSA) is 65.5 Å². The van der Waals surface area contributed by atoms with E-state index in [1.807, 2.05) is 0 Å². The van der Waals surface area contributed by atoms with E-state index >= 15 is 0 Å². The zero-order chi connectivity index (χ0) is 14.5. The maximum absolute atomic E-state index is 14.2. The van der Waals surface area contributed by atoms with Crippen LogP contribution in [-0.4, -0.2) is 47.1 Å². The normalized spacial score (nSPS) is 19.6. The number of nitrogens with zero attached hydrogens (tertiary/aromatic N) is 2. The molecular formula is C14H20FN3O2. The van der Waals surface area contributed by atoms with Gasteiger partial charge in [-0.25, -0.2) is 9.37 Å². The minimum atomic E-state index is -0.638. The number of hydrogen-bond acceptors (Lipinski definition) is 4. The molecule has 2 N–H and O–H groups in total. The highest BCUT2D eigenvalue weighted by Crippen LogP contribution is 2.22. The van der Waals surface area contributed by atoms with E-state index in [2.05, 4.69) is 10.3 Å². The SMILES string of the molecule is CNc1nccc(C(=O)N2CCCCCC2CO)c1F. The van der Waals surface area contributed by atoms with Crippen LogP contribution >= 0.6 is 0 Å². The van der Waals surface area contributed by atoms with Crippen molar-refractivity contribution in [2.24, 2.45) is 0 Å². The van der Waals surface area contributed by atoms with Gasteiger partial charge in [0, 0.05) is 19.8 Å². The number of carbonyl (C=O) groups is 1. The summed E-state index contributed by atoms with van der Waals surface area (Å²) in [5.41, 5.74) is 0.00435. The number of likely N-dealkylation sites (tertiary alicyclic amines) is 1. The largest absolute Gasteiger partial charge is 0.394 e. The number of hydrogen-bond donors (Lipinski definition) is 2. The lowest BCUT2D eigenvalue weighted by molar-refractivity contribution is 0.0595. The van der Waals surface area contributed by atoms with Gasteiger partial charge in [0.15, 0.2) is 11.6 Å². The Kier molecular flexibility index (Phi) is 4.89. The average molecular weight is 281 g/mol. The molecule has 1 fully saturated rings. The van der Waals surface area contributed by atoms with Gasteiger partial charge in [0.1, 0.15) is 0 Å². The molecule has 0 bridgehead atoms. The number of rotatable bonds is 3. The van der Waals surface area contributed by atoms with E-state index < -0.39 is 5.82 Å². The highest BCUT2D eigenvalue weighted by atomic mass is 19.1. The van der Waals surface area contributed by atoms with Crippen molar-refractivity contribution < 1.29 is 14.3 Å². The summed E-state index contributed by atoms with van der Waals surface area (Å²) in [5, 5.41) is 12.1. The number of halogens is 1. The highest BCUT2D eigenvalue weighted by Gasteiger charge is 2.28. The average Bonchev–Trinajstić information content (AvgIpc) is 2.72. The molecule has 0 spiro atoms. The summed E-state index contributed by atoms with van der Waals surface area (Å²) < 4.78 is 14.2. The summed E-state index contributed by atoms with van der Waals surface area (Å²) in [6.07, 6.45) is 5.06. The Hall–Kier alpha value is -1.69. The van der Waals surface area contributed by atoms with Crippen molar-refractivity contribution in [2.75, 3.05) is 25.5 Å². The molecule has 1 atom stereocenters. The fourth-order valence-electron chi connectivity index (χ4n) is 2.57. The summed E-state index contributed by atoms with van der Waals surface area (Å²) in [5.74, 6) is -0.950. The number of aromatic nitrogens is 1. The van der Waals surface area contributed by atoms with Crippen molar-refractivity contribution in [3.63, 3.8) is 0 Å². The third-order valence-electron chi connectivity index (χ3n) is 3.71. The third-order valence-corrected chi connectivity index (χ3v) is 3.71. The summed E-state index contributed by atoms with van der Waals surface area (Å²) >= 11 is 0. The minimum absolute atomic E-state index is 0.00435. The fraction of sp³-hybridized carbons (Fsp3) is 0.571. The Morgan fingerprint density at radius 1 is 1.55 bits per heavy atom. The minimum Gasteiger partial charge on any atom is -0.394 e. The molecule has 0 aliphatic carbocycles. The molecule has 110 valence electrons. The zero-order valence-electron chi connectivity index (χ0n) is 11.6. The van der Waals surface area contributed by atoms with E-state index in [0.717, 1.165) is 25.7 Å². The van der Waals surface area contributed by atoms with Gasteiger partial charge in [0.05, 0.1) is 18.2 Å². The molecule has 1 aliphatic rings. The second kappa shape index (κ2) is 6.65. The zero-order valence-corrected chi connectivity index (χ0v) is 11.6. The summed E-state index contributed by atoms with van der Waals surface area (Å²) in [6, 6.07) is 1.16. The van der Waals surface area contributed by atoms with Crippen molar-refractivity contribution in [3.05, 3.63) is 23.6 Å². The first-order chi connectivity index (χ1) is 9.69. The maximum atomic E-state index is 14.2. The van der Waals surface area contributed by atoms with E-state index in [4.69, 9.17) is 0 Å². The fourth-order valence-corrected chi connectivity index (χ4v) is 2.57. The molecule has 5 nitrogen and oxygen atoms in total. The number of nitrogens with one attached hydrogen (secondary N) is 1. The lowest BCUT2D eigenvalue weighted by Crippen LogP contribution is -2.42. The monoisotopic (exact) mass is 281 g/mol. The van der Waals surface area contributed by atoms with E-state index in [-0.39, 0.29) is 29.9 Å². The van der Waals surface area contributed by atoms with Crippen molar-refractivity contribution in [2.45, 2.75) is 31.7 Å². The lowest BCUT2D eigenvalue weighted by Gasteiger charge is -2.28. The number of pyridine rings is 1. The molecule has 0 radical (unpaired) electrons. The Morgan fingerprint density at radius 2 is 2.35 bits per heavy atom. The van der Waals surface area contributed by atoms with Crippen molar-refractivity contribution >= 4 is 11.7 Å². The molecule has 1 saturated heterocycles. The van der Waals surface area contributed by atoms with Gasteiger partial charge in [0.25, 0.3) is 5.91 Å². The van der Waals surface area contributed by atoms with Gasteiger partial charge in [-0.2, -0.15) is 0 Å². The predicted molar refractivity (Wildman–Crippen MR) is 74.1 cm³/mol. The Bertz CT molecular complexity index is 481. The van der Waals surface area contributed by atoms with Crippen molar-refractivity contribution in [1.82, 2.24) is 9.88 Å². The van der Waals surface area contributed by atoms with Crippen molar-refractivity contribution in [1.29, 1.82) is 0 Å². The third kappa shape index (κ3) is 2.90. The molecule has 20 heavy (non-hydrogen) atoms. The van der Waals surface area contributed by atoms with Crippen molar-refractivity contribution in [3.8, 4) is 0 Å². The Labute approximate surface area is 117 Å². The van der Waals surface area contributed by atoms with E-state index in [1.165, 1.54) is 12.3 Å². The van der Waals surface area contributed by atoms with Crippen LogP contribution in [0, 0.1) is 5.82 Å². The molecule has 1 aromatic rings. The lowest BCUT2D eigenvalue weighted by atomic mass is 10.1. The molecule has 1 amide bonds. The number of aliphatic hydroxyl groups is 1. The number of anilines is 1. The van der Waals surface area contributed by atoms with Gasteiger partial charge in [0.2, 0.25) is 0 Å². The number of carbonyl (C=O) groups excluding carboxylic acids is 1. The Balaban J connectivity index is 2.29. The second-order valence-electron chi connectivity index (χ2n) is 4.96. The van der Waals surface area contributed by atoms with Gasteiger partial charge >= 0.3 is 0 Å². The predicted octanol–water partition coefficient (Wildman–Crippen LogP) is 1.64. The molecule has 6 heteroatoms. The van der Waals surface area contributed by atoms with Gasteiger partial charge < -0.3 is 15.3 Å². The van der Waals surface area contributed by atoms with Crippen LogP contribution in [0.5, 0.6) is 0 Å². The van der Waals surface area contributed by atoms with Crippen LogP contribution in [0.15, 0.2) is 12.3 Å². The number of aliphatic hydroxyl groups excluding tert-OH is 1. The van der Waals surface area contributed by atoms with Crippen LogP contribution in [0.3, 0.4) is 0 Å². The van der Waals surface area contributed by atoms with Crippen LogP contribution in [0.2, 0.25) is 0 Å². The molecule has 0 saturated carbocycles. The maximum Gasteiger partial charge on any atom is 0.257 e. The van der Waals surface area contributed by atoms with Gasteiger partial charge in [-0.1, -0.05) is 12.8 Å². The quantitative estimate of drug-likeness (QED) is 0.884. The Morgan fingerprint density at radius 3 is 3.05 bits per heavy atom. The van der Waals surface area contributed by atoms with Gasteiger partial charge in [-0.3, -0.25) is 4.79 Å². The van der Waals surface area contributed by atoms with Crippen LogP contribution in [-0.2, 0) is 0 Å². The summed E-state index contributed by atoms with van der Waals surface area (Å²) in [7, 11) is 1.56. The summed E-state index contributed by atoms with van der Waals surface area (Å²) in [6.45, 7) is 0.470. The standard InChI is InChI=1S/C14H20FN3O2/c1-16-13-12(15)11(6-7-17-13)14(20)18-8-4-2-3-5-10(18)9-19/h6-7,10,19H,2-5,8-9H2,1H3,(H,16,17). The molecule has 0 aromatic carbocycles. The van der Waals surface area contributed by atoms with Gasteiger partial charge in [-0.05, 0) is 18.9 Å². The first-order valence-electron chi connectivity index (χ1n) is 6.93. The molecule has 2 heterocycles. The van der Waals surface area contributed by atoms with Crippen LogP contribution < -0.4 is 5.32 Å². The van der Waals surface area contributed by atoms with Crippen LogP contribution in [0.4, 0.5) is 10.2 Å². The molecular weight excluding hydrogens is 261 g/mol. The molecule has 2 rings (SSSR count). The van der Waals surface area contributed by atoms with E-state index in [9.17, 15) is 14.3 Å². The van der Waals surface area contributed by atoms with Crippen LogP contribution in [0.25, 0.3) is 0 Å². The summed E-state index contributed by atoms with van der Waals surface area (Å²) in [4.78, 5) is 18.0. The van der Waals surface area contributed by atoms with Gasteiger partial charge in [-0.15, -0.1) is 0 Å². The van der Waals surface area contributed by atoms with Crippen LogP contribution in [0.1, 0.15) is 36.0 Å². The second-order valence-corrected chi connectivity index (χ2v) is 4.96. The van der Waals surface area contributed by atoms with E-state index in [1.54, 1.807) is 11.9 Å². The first-order valence-corrected chi connectivity index (χ1v) is 6.93. The molecule has 1 aromatic heterocycles.